The average Bonchev–Trinajstić information content (AvgIpc) is 3.32. The van der Waals surface area contributed by atoms with Gasteiger partial charge >= 0.3 is 6.01 Å². The Kier molecular flexibility index (Phi) is 7.43. The number of piperazine rings is 1. The topological polar surface area (TPSA) is 78.8 Å². The Bertz CT molecular complexity index is 1330. The normalized spacial score (nSPS) is 20.7. The van der Waals surface area contributed by atoms with Crippen molar-refractivity contribution in [1.82, 2.24) is 25.2 Å². The number of ether oxygens (including phenoxy) is 1. The third-order valence-corrected chi connectivity index (χ3v) is 7.29. The molecule has 194 valence electrons. The van der Waals surface area contributed by atoms with Gasteiger partial charge in [-0.25, -0.2) is 9.37 Å². The zero-order valence-electron chi connectivity index (χ0n) is 21.7. The van der Waals surface area contributed by atoms with Gasteiger partial charge in [-0.3, -0.25) is 4.99 Å². The van der Waals surface area contributed by atoms with Crippen LogP contribution in [0, 0.1) is 5.82 Å². The third kappa shape index (κ3) is 5.06. The summed E-state index contributed by atoms with van der Waals surface area (Å²) >= 11 is 0. The highest BCUT2D eigenvalue weighted by Gasteiger charge is 2.26. The molecule has 2 saturated heterocycles. The summed E-state index contributed by atoms with van der Waals surface area (Å²) in [5.74, 6) is 0.218. The van der Waals surface area contributed by atoms with E-state index in [0.29, 0.717) is 40.8 Å². The standard InChI is InChI=1S/C28H34FN7O/c1-5-8-20-21(10-6-11-24(20)30-3)25-23(29)15-22-26(32-25)33-28(37-17-19-9-7-13-35(19)4)34-27(22)36-14-12-31-16-18(36)2/h5-6,8,10-11,15,18-19,31H,3,7,9,12-14,16-17H2,1-2,4H3/b8-5-/t18-,19+/m1/s1. The van der Waals surface area contributed by atoms with E-state index < -0.39 is 5.82 Å². The summed E-state index contributed by atoms with van der Waals surface area (Å²) in [5, 5.41) is 3.98. The number of likely N-dealkylation sites (tertiary alicyclic amines) is 1. The first kappa shape index (κ1) is 25.2. The molecule has 1 N–H and O–H groups in total. The first-order valence-electron chi connectivity index (χ1n) is 12.9. The van der Waals surface area contributed by atoms with Crippen molar-refractivity contribution in [3.63, 3.8) is 0 Å². The van der Waals surface area contributed by atoms with Crippen molar-refractivity contribution >= 4 is 35.3 Å². The fourth-order valence-electron chi connectivity index (χ4n) is 5.22. The lowest BCUT2D eigenvalue weighted by Crippen LogP contribution is -2.50. The lowest BCUT2D eigenvalue weighted by Gasteiger charge is -2.35. The number of rotatable bonds is 7. The Morgan fingerprint density at radius 3 is 2.86 bits per heavy atom. The number of fused-ring (bicyclic) bond motifs is 1. The molecule has 1 aromatic carbocycles. The van der Waals surface area contributed by atoms with Gasteiger partial charge in [0.25, 0.3) is 0 Å². The minimum absolute atomic E-state index is 0.181. The first-order chi connectivity index (χ1) is 18.0. The van der Waals surface area contributed by atoms with Gasteiger partial charge in [-0.1, -0.05) is 24.3 Å². The molecule has 0 radical (unpaired) electrons. The van der Waals surface area contributed by atoms with Crippen LogP contribution in [0.1, 0.15) is 32.3 Å². The molecule has 0 unspecified atom stereocenters. The molecule has 2 aliphatic rings. The molecule has 9 heteroatoms. The SMILES string of the molecule is C=Nc1cccc(-c2nc3nc(OC[C@@H]4CCCN4C)nc(N4CCNC[C@H]4C)c3cc2F)c1/C=C\C. The average molecular weight is 504 g/mol. The van der Waals surface area contributed by atoms with Crippen molar-refractivity contribution in [2.24, 2.45) is 4.99 Å². The molecule has 3 aromatic rings. The Labute approximate surface area is 217 Å². The number of halogens is 1. The molecule has 2 aliphatic heterocycles. The van der Waals surface area contributed by atoms with Crippen LogP contribution in [0.4, 0.5) is 15.9 Å². The molecule has 4 heterocycles. The number of aliphatic imine (C=N–C) groups is 1. The maximum atomic E-state index is 15.7. The number of hydrogen-bond acceptors (Lipinski definition) is 8. The summed E-state index contributed by atoms with van der Waals surface area (Å²) in [6, 6.07) is 7.81. The second-order valence-electron chi connectivity index (χ2n) is 9.75. The molecule has 0 amide bonds. The van der Waals surface area contributed by atoms with Gasteiger partial charge in [0, 0.05) is 42.8 Å². The van der Waals surface area contributed by atoms with Crippen LogP contribution in [0.15, 0.2) is 35.3 Å². The molecule has 2 fully saturated rings. The van der Waals surface area contributed by atoms with Crippen molar-refractivity contribution in [2.45, 2.75) is 38.8 Å². The molecule has 2 atom stereocenters. The summed E-state index contributed by atoms with van der Waals surface area (Å²) in [6.07, 6.45) is 6.03. The zero-order valence-corrected chi connectivity index (χ0v) is 21.7. The van der Waals surface area contributed by atoms with Crippen LogP contribution >= 0.6 is 0 Å². The molecule has 0 saturated carbocycles. The van der Waals surface area contributed by atoms with Gasteiger partial charge in [0.15, 0.2) is 5.65 Å². The van der Waals surface area contributed by atoms with E-state index in [0.717, 1.165) is 44.6 Å². The second-order valence-corrected chi connectivity index (χ2v) is 9.75. The van der Waals surface area contributed by atoms with Gasteiger partial charge in [0.2, 0.25) is 0 Å². The number of anilines is 1. The van der Waals surface area contributed by atoms with Crippen LogP contribution in [0.3, 0.4) is 0 Å². The maximum Gasteiger partial charge on any atom is 0.320 e. The largest absolute Gasteiger partial charge is 0.462 e. The van der Waals surface area contributed by atoms with Gasteiger partial charge in [0.1, 0.15) is 23.9 Å². The number of nitrogens with one attached hydrogen (secondary N) is 1. The molecule has 0 aliphatic carbocycles. The van der Waals surface area contributed by atoms with Gasteiger partial charge in [-0.2, -0.15) is 9.97 Å². The number of pyridine rings is 1. The van der Waals surface area contributed by atoms with E-state index in [9.17, 15) is 0 Å². The predicted molar refractivity (Wildman–Crippen MR) is 147 cm³/mol. The Morgan fingerprint density at radius 2 is 2.14 bits per heavy atom. The van der Waals surface area contributed by atoms with Gasteiger partial charge in [-0.15, -0.1) is 0 Å². The monoisotopic (exact) mass is 503 g/mol. The van der Waals surface area contributed by atoms with Crippen LogP contribution in [0.5, 0.6) is 6.01 Å². The maximum absolute atomic E-state index is 15.7. The molecular weight excluding hydrogens is 469 g/mol. The Balaban J connectivity index is 1.63. The first-order valence-corrected chi connectivity index (χ1v) is 12.9. The van der Waals surface area contributed by atoms with E-state index in [1.54, 1.807) is 0 Å². The molecule has 5 rings (SSSR count). The Hall–Kier alpha value is -3.43. The zero-order chi connectivity index (χ0) is 25.9. The quantitative estimate of drug-likeness (QED) is 0.477. The van der Waals surface area contributed by atoms with Gasteiger partial charge in [0.05, 0.1) is 11.1 Å². The van der Waals surface area contributed by atoms with E-state index in [4.69, 9.17) is 14.7 Å². The van der Waals surface area contributed by atoms with E-state index in [-0.39, 0.29) is 17.7 Å². The minimum atomic E-state index is -0.437. The van der Waals surface area contributed by atoms with Crippen molar-refractivity contribution in [3.05, 3.63) is 41.7 Å². The number of aromatic nitrogens is 3. The minimum Gasteiger partial charge on any atom is -0.462 e. The highest BCUT2D eigenvalue weighted by molar-refractivity contribution is 5.91. The van der Waals surface area contributed by atoms with Crippen LogP contribution in [-0.4, -0.2) is 78.5 Å². The number of benzene rings is 1. The van der Waals surface area contributed by atoms with E-state index >= 15 is 4.39 Å². The van der Waals surface area contributed by atoms with Gasteiger partial charge < -0.3 is 19.9 Å². The van der Waals surface area contributed by atoms with Crippen LogP contribution in [-0.2, 0) is 0 Å². The van der Waals surface area contributed by atoms with Crippen LogP contribution < -0.4 is 15.0 Å². The molecular formula is C28H34FN7O. The lowest BCUT2D eigenvalue weighted by molar-refractivity contribution is 0.188. The van der Waals surface area contributed by atoms with Crippen molar-refractivity contribution in [3.8, 4) is 17.3 Å². The van der Waals surface area contributed by atoms with Crippen molar-refractivity contribution < 1.29 is 9.13 Å². The summed E-state index contributed by atoms with van der Waals surface area (Å²) in [6.45, 7) is 11.7. The third-order valence-electron chi connectivity index (χ3n) is 7.29. The fraction of sp³-hybridized carbons (Fsp3) is 0.429. The van der Waals surface area contributed by atoms with E-state index in [1.165, 1.54) is 6.07 Å². The van der Waals surface area contributed by atoms with Crippen molar-refractivity contribution in [2.75, 3.05) is 44.7 Å². The summed E-state index contributed by atoms with van der Waals surface area (Å²) in [5.41, 5.74) is 2.68. The highest BCUT2D eigenvalue weighted by Crippen LogP contribution is 2.36. The number of hydrogen-bond donors (Lipinski definition) is 1. The van der Waals surface area contributed by atoms with Crippen LogP contribution in [0.25, 0.3) is 28.4 Å². The highest BCUT2D eigenvalue weighted by atomic mass is 19.1. The molecule has 0 spiro atoms. The number of likely N-dealkylation sites (N-methyl/N-ethyl adjacent to an activating group) is 1. The number of allylic oxidation sites excluding steroid dienone is 1. The number of nitrogens with zero attached hydrogens (tertiary/aromatic N) is 6. The Morgan fingerprint density at radius 1 is 1.27 bits per heavy atom. The van der Waals surface area contributed by atoms with E-state index in [2.05, 4.69) is 45.8 Å². The van der Waals surface area contributed by atoms with Crippen molar-refractivity contribution in [1.29, 1.82) is 0 Å². The predicted octanol–water partition coefficient (Wildman–Crippen LogP) is 4.47. The molecule has 0 bridgehead atoms. The molecule has 2 aromatic heterocycles. The summed E-state index contributed by atoms with van der Waals surface area (Å²) in [4.78, 5) is 22.8. The van der Waals surface area contributed by atoms with E-state index in [1.807, 2.05) is 37.3 Å². The summed E-state index contributed by atoms with van der Waals surface area (Å²) in [7, 11) is 2.11. The molecule has 37 heavy (non-hydrogen) atoms. The summed E-state index contributed by atoms with van der Waals surface area (Å²) < 4.78 is 21.9. The van der Waals surface area contributed by atoms with Gasteiger partial charge in [-0.05, 0) is 59.1 Å². The molecule has 8 nitrogen and oxygen atoms in total. The fourth-order valence-corrected chi connectivity index (χ4v) is 5.22. The lowest BCUT2D eigenvalue weighted by atomic mass is 10.0. The smallest absolute Gasteiger partial charge is 0.320 e. The van der Waals surface area contributed by atoms with Crippen LogP contribution in [0.2, 0.25) is 0 Å². The second kappa shape index (κ2) is 10.9.